The number of piperazine rings is 1. The van der Waals surface area contributed by atoms with Crippen LogP contribution < -0.4 is 4.72 Å². The Hall–Kier alpha value is -2.74. The number of sulfonamides is 1. The van der Waals surface area contributed by atoms with E-state index in [1.54, 1.807) is 26.0 Å². The van der Waals surface area contributed by atoms with E-state index in [0.717, 1.165) is 19.6 Å². The van der Waals surface area contributed by atoms with Crippen LogP contribution >= 0.6 is 0 Å². The van der Waals surface area contributed by atoms with Gasteiger partial charge in [-0.2, -0.15) is 0 Å². The van der Waals surface area contributed by atoms with E-state index in [1.165, 1.54) is 28.5 Å². The third-order valence-corrected chi connectivity index (χ3v) is 7.41. The zero-order chi connectivity index (χ0) is 22.7. The standard InChI is InChI=1S/C25H29N3O3S/c1-19(2)26-32(30,31)23-12-10-21(11-13-23)25(29)28-16-14-27(15-17-28)18-22-8-5-7-20-6-3-4-9-24(20)22/h3-13,19,26H,14-18H2,1-2H3. The molecule has 1 amide bonds. The molecule has 1 heterocycles. The smallest absolute Gasteiger partial charge is 0.253 e. The van der Waals surface area contributed by atoms with E-state index in [9.17, 15) is 13.2 Å². The van der Waals surface area contributed by atoms with Crippen molar-refractivity contribution in [3.8, 4) is 0 Å². The Balaban J connectivity index is 1.37. The maximum Gasteiger partial charge on any atom is 0.253 e. The molecule has 0 saturated carbocycles. The average molecular weight is 452 g/mol. The molecule has 3 aromatic rings. The predicted octanol–water partition coefficient (Wildman–Crippen LogP) is 3.48. The second-order valence-electron chi connectivity index (χ2n) is 8.51. The minimum Gasteiger partial charge on any atom is -0.336 e. The van der Waals surface area contributed by atoms with E-state index in [0.29, 0.717) is 18.7 Å². The molecule has 32 heavy (non-hydrogen) atoms. The van der Waals surface area contributed by atoms with Gasteiger partial charge in [0.2, 0.25) is 10.0 Å². The van der Waals surface area contributed by atoms with Gasteiger partial charge in [0.1, 0.15) is 0 Å². The van der Waals surface area contributed by atoms with Gasteiger partial charge >= 0.3 is 0 Å². The molecule has 0 spiro atoms. The summed E-state index contributed by atoms with van der Waals surface area (Å²) in [6.07, 6.45) is 0. The first-order chi connectivity index (χ1) is 15.3. The summed E-state index contributed by atoms with van der Waals surface area (Å²) in [6, 6.07) is 20.8. The van der Waals surface area contributed by atoms with Crippen LogP contribution in [0.4, 0.5) is 0 Å². The number of benzene rings is 3. The van der Waals surface area contributed by atoms with E-state index in [1.807, 2.05) is 4.90 Å². The van der Waals surface area contributed by atoms with Crippen molar-refractivity contribution < 1.29 is 13.2 Å². The van der Waals surface area contributed by atoms with Crippen LogP contribution in [0.2, 0.25) is 0 Å². The second-order valence-corrected chi connectivity index (χ2v) is 10.2. The van der Waals surface area contributed by atoms with Gasteiger partial charge in [-0.15, -0.1) is 0 Å². The Bertz CT molecular complexity index is 1190. The zero-order valence-electron chi connectivity index (χ0n) is 18.5. The minimum atomic E-state index is -3.56. The van der Waals surface area contributed by atoms with Gasteiger partial charge in [-0.3, -0.25) is 9.69 Å². The Morgan fingerprint density at radius 2 is 1.56 bits per heavy atom. The van der Waals surface area contributed by atoms with Crippen LogP contribution in [-0.4, -0.2) is 56.3 Å². The van der Waals surface area contributed by atoms with Crippen LogP contribution in [0.1, 0.15) is 29.8 Å². The van der Waals surface area contributed by atoms with Crippen molar-refractivity contribution in [3.63, 3.8) is 0 Å². The van der Waals surface area contributed by atoms with Crippen molar-refractivity contribution in [1.29, 1.82) is 0 Å². The van der Waals surface area contributed by atoms with Gasteiger partial charge in [-0.25, -0.2) is 13.1 Å². The number of hydrogen-bond donors (Lipinski definition) is 1. The van der Waals surface area contributed by atoms with Crippen molar-refractivity contribution in [3.05, 3.63) is 77.9 Å². The first kappa shape index (κ1) is 22.5. The van der Waals surface area contributed by atoms with Crippen molar-refractivity contribution in [2.45, 2.75) is 31.3 Å². The molecule has 0 bridgehead atoms. The molecule has 0 aliphatic carbocycles. The fourth-order valence-corrected chi connectivity index (χ4v) is 5.37. The minimum absolute atomic E-state index is 0.0597. The van der Waals surface area contributed by atoms with E-state index >= 15 is 0 Å². The normalized spacial score (nSPS) is 15.4. The van der Waals surface area contributed by atoms with Crippen LogP contribution in [0.5, 0.6) is 0 Å². The molecule has 4 rings (SSSR count). The number of rotatable bonds is 6. The van der Waals surface area contributed by atoms with Gasteiger partial charge in [-0.1, -0.05) is 42.5 Å². The molecule has 1 saturated heterocycles. The highest BCUT2D eigenvalue weighted by atomic mass is 32.2. The largest absolute Gasteiger partial charge is 0.336 e. The van der Waals surface area contributed by atoms with Gasteiger partial charge < -0.3 is 4.90 Å². The number of amides is 1. The summed E-state index contributed by atoms with van der Waals surface area (Å²) >= 11 is 0. The summed E-state index contributed by atoms with van der Waals surface area (Å²) in [5.74, 6) is -0.0597. The quantitative estimate of drug-likeness (QED) is 0.623. The fourth-order valence-electron chi connectivity index (χ4n) is 4.12. The first-order valence-corrected chi connectivity index (χ1v) is 12.4. The number of nitrogens with one attached hydrogen (secondary N) is 1. The fraction of sp³-hybridized carbons (Fsp3) is 0.320. The molecule has 1 N–H and O–H groups in total. The van der Waals surface area contributed by atoms with Gasteiger partial charge in [-0.05, 0) is 54.4 Å². The third kappa shape index (κ3) is 5.01. The lowest BCUT2D eigenvalue weighted by Gasteiger charge is -2.35. The van der Waals surface area contributed by atoms with Crippen molar-refractivity contribution in [2.24, 2.45) is 0 Å². The highest BCUT2D eigenvalue weighted by molar-refractivity contribution is 7.89. The monoisotopic (exact) mass is 451 g/mol. The zero-order valence-corrected chi connectivity index (χ0v) is 19.3. The maximum atomic E-state index is 12.9. The Morgan fingerprint density at radius 1 is 0.906 bits per heavy atom. The van der Waals surface area contributed by atoms with Crippen molar-refractivity contribution >= 4 is 26.7 Å². The van der Waals surface area contributed by atoms with E-state index in [2.05, 4.69) is 52.1 Å². The van der Waals surface area contributed by atoms with E-state index in [-0.39, 0.29) is 16.8 Å². The Morgan fingerprint density at radius 3 is 2.25 bits per heavy atom. The summed E-state index contributed by atoms with van der Waals surface area (Å²) in [6.45, 7) is 7.32. The van der Waals surface area contributed by atoms with Crippen LogP contribution in [0.25, 0.3) is 10.8 Å². The highest BCUT2D eigenvalue weighted by Gasteiger charge is 2.23. The Kier molecular flexibility index (Phi) is 6.60. The molecule has 1 fully saturated rings. The first-order valence-electron chi connectivity index (χ1n) is 10.9. The summed E-state index contributed by atoms with van der Waals surface area (Å²) in [5, 5.41) is 2.52. The number of hydrogen-bond acceptors (Lipinski definition) is 4. The van der Waals surface area contributed by atoms with E-state index in [4.69, 9.17) is 0 Å². The molecular formula is C25H29N3O3S. The van der Waals surface area contributed by atoms with Crippen LogP contribution in [0, 0.1) is 0 Å². The highest BCUT2D eigenvalue weighted by Crippen LogP contribution is 2.21. The lowest BCUT2D eigenvalue weighted by atomic mass is 10.0. The molecule has 6 nitrogen and oxygen atoms in total. The summed E-state index contributed by atoms with van der Waals surface area (Å²) in [7, 11) is -3.56. The number of nitrogens with zero attached hydrogens (tertiary/aromatic N) is 2. The van der Waals surface area contributed by atoms with Crippen molar-refractivity contribution in [1.82, 2.24) is 14.5 Å². The van der Waals surface area contributed by atoms with Gasteiger partial charge in [0.05, 0.1) is 4.90 Å². The van der Waals surface area contributed by atoms with Gasteiger partial charge in [0.15, 0.2) is 0 Å². The topological polar surface area (TPSA) is 69.7 Å². The predicted molar refractivity (Wildman–Crippen MR) is 127 cm³/mol. The van der Waals surface area contributed by atoms with Gasteiger partial charge in [0, 0.05) is 44.3 Å². The number of fused-ring (bicyclic) bond motifs is 1. The van der Waals surface area contributed by atoms with E-state index < -0.39 is 10.0 Å². The molecule has 3 aromatic carbocycles. The van der Waals surface area contributed by atoms with Crippen LogP contribution in [0.15, 0.2) is 71.6 Å². The Labute approximate surface area is 189 Å². The SMILES string of the molecule is CC(C)NS(=O)(=O)c1ccc(C(=O)N2CCN(Cc3cccc4ccccc34)CC2)cc1. The number of carbonyl (C=O) groups excluding carboxylic acids is 1. The number of carbonyl (C=O) groups is 1. The van der Waals surface area contributed by atoms with Crippen LogP contribution in [-0.2, 0) is 16.6 Å². The molecule has 1 aliphatic rings. The summed E-state index contributed by atoms with van der Waals surface area (Å²) in [4.78, 5) is 17.3. The molecular weight excluding hydrogens is 422 g/mol. The maximum absolute atomic E-state index is 12.9. The lowest BCUT2D eigenvalue weighted by Crippen LogP contribution is -2.48. The average Bonchev–Trinajstić information content (AvgIpc) is 2.79. The van der Waals surface area contributed by atoms with Crippen molar-refractivity contribution in [2.75, 3.05) is 26.2 Å². The molecule has 0 radical (unpaired) electrons. The third-order valence-electron chi connectivity index (χ3n) is 5.74. The molecule has 0 atom stereocenters. The molecule has 168 valence electrons. The molecule has 1 aliphatic heterocycles. The van der Waals surface area contributed by atoms with Crippen LogP contribution in [0.3, 0.4) is 0 Å². The van der Waals surface area contributed by atoms with Gasteiger partial charge in [0.25, 0.3) is 5.91 Å². The second kappa shape index (κ2) is 9.40. The lowest BCUT2D eigenvalue weighted by molar-refractivity contribution is 0.0629. The molecule has 0 aromatic heterocycles. The molecule has 7 heteroatoms. The molecule has 0 unspecified atom stereocenters. The summed E-state index contributed by atoms with van der Waals surface area (Å²) < 4.78 is 27.1. The summed E-state index contributed by atoms with van der Waals surface area (Å²) in [5.41, 5.74) is 1.81.